The van der Waals surface area contributed by atoms with Gasteiger partial charge in [0.25, 0.3) is 0 Å². The quantitative estimate of drug-likeness (QED) is 0.853. The van der Waals surface area contributed by atoms with Crippen molar-refractivity contribution in [3.8, 4) is 0 Å². The highest BCUT2D eigenvalue weighted by molar-refractivity contribution is 5.85. The first-order valence-electron chi connectivity index (χ1n) is 7.83. The number of nitrogens with two attached hydrogens (primary N) is 1. The van der Waals surface area contributed by atoms with Crippen molar-refractivity contribution in [3.63, 3.8) is 0 Å². The lowest BCUT2D eigenvalue weighted by Gasteiger charge is -2.18. The Morgan fingerprint density at radius 1 is 1.30 bits per heavy atom. The zero-order valence-corrected chi connectivity index (χ0v) is 14.0. The molecule has 1 fully saturated rings. The minimum absolute atomic E-state index is 0. The van der Waals surface area contributed by atoms with Gasteiger partial charge in [-0.1, -0.05) is 36.4 Å². The van der Waals surface area contributed by atoms with Gasteiger partial charge in [-0.15, -0.1) is 12.4 Å². The Bertz CT molecular complexity index is 677. The average Bonchev–Trinajstić information content (AvgIpc) is 3.32. The summed E-state index contributed by atoms with van der Waals surface area (Å²) in [6.45, 7) is 2.99. The fourth-order valence-electron chi connectivity index (χ4n) is 2.83. The standard InChI is InChI=1S/C18H22N2O2.ClH/c1-2-22-17-10-15(17)18(21)20-16(11-19)14-8-7-12-5-3-4-6-13(12)9-14;/h3-9,15-17H,2,10-11,19H2,1H3,(H,20,21);1H. The van der Waals surface area contributed by atoms with Crippen molar-refractivity contribution in [2.75, 3.05) is 13.2 Å². The molecule has 3 atom stereocenters. The first-order valence-corrected chi connectivity index (χ1v) is 7.83. The Morgan fingerprint density at radius 2 is 2.04 bits per heavy atom. The molecule has 0 heterocycles. The molecule has 3 N–H and O–H groups in total. The molecule has 0 spiro atoms. The van der Waals surface area contributed by atoms with Crippen LogP contribution in [0.5, 0.6) is 0 Å². The molecular formula is C18H23ClN2O2. The summed E-state index contributed by atoms with van der Waals surface area (Å²) in [5.74, 6) is 0.0246. The highest BCUT2D eigenvalue weighted by atomic mass is 35.5. The monoisotopic (exact) mass is 334 g/mol. The van der Waals surface area contributed by atoms with Gasteiger partial charge in [0.15, 0.2) is 0 Å². The Morgan fingerprint density at radius 3 is 2.74 bits per heavy atom. The molecule has 3 unspecified atom stereocenters. The molecule has 1 aliphatic rings. The summed E-state index contributed by atoms with van der Waals surface area (Å²) in [4.78, 5) is 12.3. The smallest absolute Gasteiger partial charge is 0.226 e. The van der Waals surface area contributed by atoms with E-state index in [-0.39, 0.29) is 36.4 Å². The van der Waals surface area contributed by atoms with Crippen molar-refractivity contribution in [2.24, 2.45) is 11.7 Å². The van der Waals surface area contributed by atoms with Crippen LogP contribution in [0.25, 0.3) is 10.8 Å². The molecule has 1 amide bonds. The lowest BCUT2D eigenvalue weighted by molar-refractivity contribution is -0.124. The van der Waals surface area contributed by atoms with Gasteiger partial charge in [0.1, 0.15) is 0 Å². The molecule has 4 nitrogen and oxygen atoms in total. The first kappa shape index (κ1) is 17.7. The maximum atomic E-state index is 12.3. The van der Waals surface area contributed by atoms with E-state index in [4.69, 9.17) is 10.5 Å². The van der Waals surface area contributed by atoms with Gasteiger partial charge in [0.2, 0.25) is 5.91 Å². The number of halogens is 1. The van der Waals surface area contributed by atoms with E-state index in [0.717, 1.165) is 17.4 Å². The molecule has 2 aromatic rings. The van der Waals surface area contributed by atoms with Gasteiger partial charge < -0.3 is 15.8 Å². The van der Waals surface area contributed by atoms with Gasteiger partial charge in [0.05, 0.1) is 18.1 Å². The molecule has 1 saturated carbocycles. The van der Waals surface area contributed by atoms with Crippen molar-refractivity contribution in [1.82, 2.24) is 5.32 Å². The summed E-state index contributed by atoms with van der Waals surface area (Å²) in [5.41, 5.74) is 6.91. The second-order valence-corrected chi connectivity index (χ2v) is 5.74. The number of hydrogen-bond donors (Lipinski definition) is 2. The summed E-state index contributed by atoms with van der Waals surface area (Å²) in [6.07, 6.45) is 0.898. The van der Waals surface area contributed by atoms with E-state index in [2.05, 4.69) is 29.6 Å². The molecule has 3 rings (SSSR count). The van der Waals surface area contributed by atoms with E-state index in [1.807, 2.05) is 25.1 Å². The number of amides is 1. The van der Waals surface area contributed by atoms with Gasteiger partial charge in [-0.25, -0.2) is 0 Å². The third-order valence-electron chi connectivity index (χ3n) is 4.18. The van der Waals surface area contributed by atoms with E-state index >= 15 is 0 Å². The van der Waals surface area contributed by atoms with Gasteiger partial charge in [-0.2, -0.15) is 0 Å². The molecule has 0 saturated heterocycles. The highest BCUT2D eigenvalue weighted by Crippen LogP contribution is 2.34. The summed E-state index contributed by atoms with van der Waals surface area (Å²) < 4.78 is 5.47. The molecule has 124 valence electrons. The molecule has 1 aliphatic carbocycles. The number of carbonyl (C=O) groups excluding carboxylic acids is 1. The Hall–Kier alpha value is -1.62. The molecule has 0 radical (unpaired) electrons. The van der Waals surface area contributed by atoms with Crippen LogP contribution < -0.4 is 11.1 Å². The molecule has 0 aromatic heterocycles. The lowest BCUT2D eigenvalue weighted by atomic mass is 10.0. The third-order valence-corrected chi connectivity index (χ3v) is 4.18. The maximum Gasteiger partial charge on any atom is 0.226 e. The molecule has 0 aliphatic heterocycles. The van der Waals surface area contributed by atoms with Crippen molar-refractivity contribution in [1.29, 1.82) is 0 Å². The van der Waals surface area contributed by atoms with Crippen molar-refractivity contribution >= 4 is 29.1 Å². The van der Waals surface area contributed by atoms with Crippen LogP contribution in [-0.4, -0.2) is 25.2 Å². The number of carbonyl (C=O) groups is 1. The van der Waals surface area contributed by atoms with Crippen LogP contribution in [0.4, 0.5) is 0 Å². The molecule has 23 heavy (non-hydrogen) atoms. The number of benzene rings is 2. The summed E-state index contributed by atoms with van der Waals surface area (Å²) in [5, 5.41) is 5.40. The van der Waals surface area contributed by atoms with E-state index in [1.165, 1.54) is 5.39 Å². The van der Waals surface area contributed by atoms with Crippen molar-refractivity contribution < 1.29 is 9.53 Å². The first-order chi connectivity index (χ1) is 10.7. The van der Waals surface area contributed by atoms with Crippen LogP contribution >= 0.6 is 12.4 Å². The van der Waals surface area contributed by atoms with Crippen molar-refractivity contribution in [2.45, 2.75) is 25.5 Å². The van der Waals surface area contributed by atoms with Gasteiger partial charge in [-0.05, 0) is 35.7 Å². The number of ether oxygens (including phenoxy) is 1. The maximum absolute atomic E-state index is 12.3. The minimum atomic E-state index is -0.153. The normalized spacial score (nSPS) is 20.6. The van der Waals surface area contributed by atoms with Crippen LogP contribution in [0, 0.1) is 5.92 Å². The number of fused-ring (bicyclic) bond motifs is 1. The predicted octanol–water partition coefficient (Wildman–Crippen LogP) is 2.80. The molecule has 5 heteroatoms. The van der Waals surface area contributed by atoms with Crippen LogP contribution in [0.2, 0.25) is 0 Å². The number of rotatable bonds is 6. The largest absolute Gasteiger partial charge is 0.378 e. The Balaban J connectivity index is 0.00000192. The summed E-state index contributed by atoms with van der Waals surface area (Å²) >= 11 is 0. The number of hydrogen-bond acceptors (Lipinski definition) is 3. The molecule has 0 bridgehead atoms. The molecular weight excluding hydrogens is 312 g/mol. The predicted molar refractivity (Wildman–Crippen MR) is 94.7 cm³/mol. The summed E-state index contributed by atoms with van der Waals surface area (Å²) in [6, 6.07) is 14.2. The molecule has 2 aromatic carbocycles. The third kappa shape index (κ3) is 4.02. The Kier molecular flexibility index (Phi) is 5.99. The van der Waals surface area contributed by atoms with E-state index < -0.39 is 0 Å². The van der Waals surface area contributed by atoms with E-state index in [9.17, 15) is 4.79 Å². The fourth-order valence-corrected chi connectivity index (χ4v) is 2.83. The second kappa shape index (κ2) is 7.77. The van der Waals surface area contributed by atoms with Gasteiger partial charge in [-0.3, -0.25) is 4.79 Å². The van der Waals surface area contributed by atoms with Crippen molar-refractivity contribution in [3.05, 3.63) is 48.0 Å². The van der Waals surface area contributed by atoms with Crippen LogP contribution in [0.1, 0.15) is 24.9 Å². The lowest BCUT2D eigenvalue weighted by Crippen LogP contribution is -2.35. The SMILES string of the molecule is CCOC1CC1C(=O)NC(CN)c1ccc2ccccc2c1.Cl. The average molecular weight is 335 g/mol. The second-order valence-electron chi connectivity index (χ2n) is 5.74. The van der Waals surface area contributed by atoms with E-state index in [0.29, 0.717) is 13.2 Å². The summed E-state index contributed by atoms with van der Waals surface area (Å²) in [7, 11) is 0. The number of nitrogens with one attached hydrogen (secondary N) is 1. The minimum Gasteiger partial charge on any atom is -0.378 e. The van der Waals surface area contributed by atoms with Crippen LogP contribution in [0.15, 0.2) is 42.5 Å². The van der Waals surface area contributed by atoms with Gasteiger partial charge in [0, 0.05) is 13.2 Å². The fraction of sp³-hybridized carbons (Fsp3) is 0.389. The highest BCUT2D eigenvalue weighted by Gasteiger charge is 2.44. The zero-order valence-electron chi connectivity index (χ0n) is 13.2. The van der Waals surface area contributed by atoms with E-state index in [1.54, 1.807) is 0 Å². The Labute approximate surface area is 142 Å². The topological polar surface area (TPSA) is 64.3 Å². The zero-order chi connectivity index (χ0) is 15.5. The van der Waals surface area contributed by atoms with Gasteiger partial charge >= 0.3 is 0 Å². The van der Waals surface area contributed by atoms with Crippen LogP contribution in [0.3, 0.4) is 0 Å². The van der Waals surface area contributed by atoms with Crippen LogP contribution in [-0.2, 0) is 9.53 Å².